The van der Waals surface area contributed by atoms with Gasteiger partial charge in [-0.1, -0.05) is 21.3 Å². The lowest BCUT2D eigenvalue weighted by atomic mass is 10.2. The van der Waals surface area contributed by atoms with Crippen LogP contribution in [0.25, 0.3) is 0 Å². The average Bonchev–Trinajstić information content (AvgIpc) is 3.61. The van der Waals surface area contributed by atoms with Gasteiger partial charge in [0.05, 0.1) is 6.07 Å². The van der Waals surface area contributed by atoms with Crippen molar-refractivity contribution in [3.05, 3.63) is 0 Å². The molecule has 0 amide bonds. The van der Waals surface area contributed by atoms with Gasteiger partial charge in [-0.2, -0.15) is 5.26 Å². The van der Waals surface area contributed by atoms with Crippen LogP contribution in [0.3, 0.4) is 0 Å². The number of nitrogens with zero attached hydrogens (tertiary/aromatic N) is 8. The van der Waals surface area contributed by atoms with Crippen LogP contribution in [-0.2, 0) is 0 Å². The third-order valence-electron chi connectivity index (χ3n) is 6.77. The average molecular weight is 573 g/mol. The highest BCUT2D eigenvalue weighted by atomic mass is 15.2. The highest BCUT2D eigenvalue weighted by Crippen LogP contribution is 2.24. The van der Waals surface area contributed by atoms with E-state index in [0.29, 0.717) is 12.5 Å². The van der Waals surface area contributed by atoms with Gasteiger partial charge in [0.2, 0.25) is 0 Å². The molecule has 1 unspecified atom stereocenters. The lowest BCUT2D eigenvalue weighted by Crippen LogP contribution is -2.30. The van der Waals surface area contributed by atoms with Crippen molar-refractivity contribution in [2.24, 2.45) is 0 Å². The molecule has 40 heavy (non-hydrogen) atoms. The molecule has 2 rings (SSSR count). The summed E-state index contributed by atoms with van der Waals surface area (Å²) in [7, 11) is 23.1. The Kier molecular flexibility index (Phi) is 34.3. The Hall–Kier alpha value is -0.790. The number of likely N-dealkylation sites (N-methyl/N-ethyl adjacent to an activating group) is 4. The highest BCUT2D eigenvalue weighted by Gasteiger charge is 2.25. The molecule has 8 heteroatoms. The summed E-state index contributed by atoms with van der Waals surface area (Å²) in [5, 5.41) is 8.24. The van der Waals surface area contributed by atoms with E-state index in [1.54, 1.807) is 0 Å². The van der Waals surface area contributed by atoms with Gasteiger partial charge in [0.15, 0.2) is 0 Å². The monoisotopic (exact) mass is 573 g/mol. The molecule has 1 aliphatic carbocycles. The molecule has 0 spiro atoms. The van der Waals surface area contributed by atoms with Crippen molar-refractivity contribution >= 4 is 0 Å². The predicted molar refractivity (Wildman–Crippen MR) is 182 cm³/mol. The van der Waals surface area contributed by atoms with Gasteiger partial charge in [-0.25, -0.2) is 0 Å². The van der Waals surface area contributed by atoms with Crippen molar-refractivity contribution in [2.75, 3.05) is 123 Å². The van der Waals surface area contributed by atoms with E-state index in [-0.39, 0.29) is 7.43 Å². The van der Waals surface area contributed by atoms with Crippen molar-refractivity contribution < 1.29 is 0 Å². The summed E-state index contributed by atoms with van der Waals surface area (Å²) < 4.78 is 0. The smallest absolute Gasteiger partial charge is 0.0635 e. The fourth-order valence-corrected chi connectivity index (χ4v) is 3.40. The third kappa shape index (κ3) is 35.2. The Labute approximate surface area is 254 Å². The minimum absolute atomic E-state index is 0. The number of rotatable bonds is 11. The van der Waals surface area contributed by atoms with Gasteiger partial charge in [-0.3, -0.25) is 0 Å². The molecule has 2 aliphatic rings. The summed E-state index contributed by atoms with van der Waals surface area (Å²) in [6.45, 7) is 17.0. The minimum atomic E-state index is 0. The third-order valence-corrected chi connectivity index (χ3v) is 6.77. The summed E-state index contributed by atoms with van der Waals surface area (Å²) in [5.74, 6) is 0. The van der Waals surface area contributed by atoms with E-state index >= 15 is 0 Å². The molecule has 1 heterocycles. The van der Waals surface area contributed by atoms with E-state index in [4.69, 9.17) is 5.26 Å². The fraction of sp³-hybridized carbons (Fsp3) is 0.969. The molecule has 2 fully saturated rings. The van der Waals surface area contributed by atoms with Crippen LogP contribution in [-0.4, -0.2) is 176 Å². The summed E-state index contributed by atoms with van der Waals surface area (Å²) in [4.78, 5) is 15.8. The Morgan fingerprint density at radius 1 is 0.800 bits per heavy atom. The molecule has 1 aliphatic heterocycles. The van der Waals surface area contributed by atoms with E-state index in [0.717, 1.165) is 31.7 Å². The lowest BCUT2D eigenvalue weighted by Gasteiger charge is -2.19. The second-order valence-electron chi connectivity index (χ2n) is 12.4. The maximum absolute atomic E-state index is 8.24. The zero-order chi connectivity index (χ0) is 31.0. The first kappa shape index (κ1) is 46.2. The molecule has 0 radical (unpaired) electrons. The number of likely N-dealkylation sites (tertiary alicyclic amines) is 1. The molecule has 244 valence electrons. The molecular formula is C32H76N8. The summed E-state index contributed by atoms with van der Waals surface area (Å²) >= 11 is 0. The first-order valence-corrected chi connectivity index (χ1v) is 15.2. The van der Waals surface area contributed by atoms with Crippen LogP contribution < -0.4 is 0 Å². The number of hydrogen-bond acceptors (Lipinski definition) is 8. The highest BCUT2D eigenvalue weighted by molar-refractivity contribution is 4.84. The van der Waals surface area contributed by atoms with Crippen molar-refractivity contribution in [1.82, 2.24) is 34.3 Å². The Morgan fingerprint density at radius 3 is 1.57 bits per heavy atom. The Morgan fingerprint density at radius 2 is 1.32 bits per heavy atom. The van der Waals surface area contributed by atoms with Crippen LogP contribution in [0, 0.1) is 11.3 Å². The zero-order valence-electron chi connectivity index (χ0n) is 29.3. The van der Waals surface area contributed by atoms with Crippen LogP contribution in [0.2, 0.25) is 0 Å². The first-order valence-electron chi connectivity index (χ1n) is 15.2. The lowest BCUT2D eigenvalue weighted by molar-refractivity contribution is 0.275. The van der Waals surface area contributed by atoms with Gasteiger partial charge in [0.25, 0.3) is 0 Å². The van der Waals surface area contributed by atoms with E-state index in [9.17, 15) is 0 Å². The van der Waals surface area contributed by atoms with Crippen LogP contribution in [0.4, 0.5) is 0 Å². The van der Waals surface area contributed by atoms with Crippen LogP contribution >= 0.6 is 0 Å². The van der Waals surface area contributed by atoms with E-state index in [1.807, 2.05) is 26.0 Å². The van der Waals surface area contributed by atoms with Crippen LogP contribution in [0.5, 0.6) is 0 Å². The second-order valence-corrected chi connectivity index (χ2v) is 12.4. The van der Waals surface area contributed by atoms with Crippen molar-refractivity contribution in [2.45, 2.75) is 85.4 Å². The maximum Gasteiger partial charge on any atom is 0.0635 e. The van der Waals surface area contributed by atoms with E-state index in [2.05, 4.69) is 120 Å². The number of nitriles is 1. The topological polar surface area (TPSA) is 46.5 Å². The fourth-order valence-electron chi connectivity index (χ4n) is 3.40. The SMILES string of the molecule is C.CCCN(C)C(C)C.CCN(C)CCN(C)C.CN(C)C.CN(CCC#N)C1CC1.CN1CCC(N(C)C)C1. The number of hydrogen-bond donors (Lipinski definition) is 0. The van der Waals surface area contributed by atoms with Gasteiger partial charge in [0.1, 0.15) is 0 Å². The molecule has 0 N–H and O–H groups in total. The predicted octanol–water partition coefficient (Wildman–Crippen LogP) is 4.30. The van der Waals surface area contributed by atoms with Gasteiger partial charge in [0, 0.05) is 50.7 Å². The van der Waals surface area contributed by atoms with E-state index in [1.165, 1.54) is 51.9 Å². The van der Waals surface area contributed by atoms with Crippen molar-refractivity contribution in [1.29, 1.82) is 5.26 Å². The standard InChI is InChI=1S/C7H16N2.C7H12N2.C7H18N2.C7H17N.C3H9N.CH4/c1-8(2)7-4-5-9(3)6-7;1-9(6-2-5-8)7-3-4-7;1-5-9(4)7-6-8(2)3;1-5-6-8(4)7(2)3;1-4(2)3;/h7H,4-6H2,1-3H3;7H,2-4,6H2,1H3;5-7H2,1-4H3;7H,5-6H2,1-4H3;1-3H3;1H4. The summed E-state index contributed by atoms with van der Waals surface area (Å²) in [6.07, 6.45) is 5.94. The minimum Gasteiger partial charge on any atom is -0.312 e. The molecule has 0 aromatic rings. The van der Waals surface area contributed by atoms with Crippen LogP contribution in [0.1, 0.15) is 67.2 Å². The van der Waals surface area contributed by atoms with E-state index < -0.39 is 0 Å². The molecular weight excluding hydrogens is 496 g/mol. The quantitative estimate of drug-likeness (QED) is 0.363. The summed E-state index contributed by atoms with van der Waals surface area (Å²) in [6, 6.07) is 4.45. The summed E-state index contributed by atoms with van der Waals surface area (Å²) in [5.41, 5.74) is 0. The molecule has 0 bridgehead atoms. The normalized spacial score (nSPS) is 16.5. The molecule has 8 nitrogen and oxygen atoms in total. The second kappa shape index (κ2) is 29.7. The molecule has 1 saturated heterocycles. The molecule has 0 aromatic carbocycles. The van der Waals surface area contributed by atoms with Gasteiger partial charge >= 0.3 is 0 Å². The van der Waals surface area contributed by atoms with Crippen molar-refractivity contribution in [3.63, 3.8) is 0 Å². The van der Waals surface area contributed by atoms with Gasteiger partial charge in [-0.15, -0.1) is 0 Å². The van der Waals surface area contributed by atoms with Gasteiger partial charge in [-0.05, 0) is 137 Å². The van der Waals surface area contributed by atoms with Crippen molar-refractivity contribution in [3.8, 4) is 6.07 Å². The van der Waals surface area contributed by atoms with Gasteiger partial charge < -0.3 is 34.3 Å². The van der Waals surface area contributed by atoms with Crippen LogP contribution in [0.15, 0.2) is 0 Å². The molecule has 1 saturated carbocycles. The maximum atomic E-state index is 8.24. The molecule has 1 atom stereocenters. The largest absolute Gasteiger partial charge is 0.312 e. The molecule has 0 aromatic heterocycles. The Balaban J connectivity index is -0.000000205. The Bertz CT molecular complexity index is 541. The first-order chi connectivity index (χ1) is 18.1. The zero-order valence-corrected chi connectivity index (χ0v) is 29.3.